The van der Waals surface area contributed by atoms with Crippen molar-refractivity contribution in [2.24, 2.45) is 0 Å². The number of nitrogens with zero attached hydrogens (tertiary/aromatic N) is 4. The first kappa shape index (κ1) is 17.8. The number of carbonyl (C=O) groups is 1. The summed E-state index contributed by atoms with van der Waals surface area (Å²) >= 11 is 0. The molecule has 0 aliphatic carbocycles. The van der Waals surface area contributed by atoms with E-state index in [1.54, 1.807) is 36.2 Å². The molecule has 1 aromatic heterocycles. The number of rotatable bonds is 4. The lowest BCUT2D eigenvalue weighted by Crippen LogP contribution is -2.33. The highest BCUT2D eigenvalue weighted by molar-refractivity contribution is 7.91. The maximum absolute atomic E-state index is 12.2. The van der Waals surface area contributed by atoms with Gasteiger partial charge in [-0.3, -0.25) is 4.79 Å². The zero-order valence-electron chi connectivity index (χ0n) is 14.1. The Morgan fingerprint density at radius 2 is 2.00 bits per heavy atom. The lowest BCUT2D eigenvalue weighted by molar-refractivity contribution is 0.102. The van der Waals surface area contributed by atoms with Crippen LogP contribution in [0.1, 0.15) is 22.5 Å². The zero-order valence-corrected chi connectivity index (χ0v) is 14.9. The molecule has 0 spiro atoms. The van der Waals surface area contributed by atoms with Crippen molar-refractivity contribution in [2.45, 2.75) is 12.5 Å². The van der Waals surface area contributed by atoms with Crippen molar-refractivity contribution in [1.29, 1.82) is 5.26 Å². The molecule has 1 fully saturated rings. The number of sulfone groups is 1. The lowest BCUT2D eigenvalue weighted by Gasteiger charge is -2.23. The third kappa shape index (κ3) is 3.97. The van der Waals surface area contributed by atoms with Crippen LogP contribution >= 0.6 is 0 Å². The number of amides is 1. The van der Waals surface area contributed by atoms with Gasteiger partial charge in [-0.2, -0.15) is 5.26 Å². The highest BCUT2D eigenvalue weighted by Crippen LogP contribution is 2.21. The van der Waals surface area contributed by atoms with Crippen molar-refractivity contribution in [3.63, 3.8) is 0 Å². The molecule has 1 amide bonds. The third-order valence-electron chi connectivity index (χ3n) is 4.26. The highest BCUT2D eigenvalue weighted by Gasteiger charge is 2.31. The Morgan fingerprint density at radius 3 is 2.54 bits per heavy atom. The van der Waals surface area contributed by atoms with Gasteiger partial charge in [-0.05, 0) is 30.7 Å². The van der Waals surface area contributed by atoms with E-state index in [4.69, 9.17) is 5.26 Å². The van der Waals surface area contributed by atoms with Gasteiger partial charge < -0.3 is 10.2 Å². The first-order chi connectivity index (χ1) is 12.4. The van der Waals surface area contributed by atoms with Crippen LogP contribution in [-0.4, -0.2) is 48.9 Å². The summed E-state index contributed by atoms with van der Waals surface area (Å²) in [6, 6.07) is 8.35. The standard InChI is InChI=1S/C17H17N5O3S/c1-22(14-6-7-26(24,25)11-14)16-10-19-15(9-20-16)17(23)21-13-4-2-12(8-18)3-5-13/h2-5,9-10,14H,6-7,11H2,1H3,(H,21,23). The predicted molar refractivity (Wildman–Crippen MR) is 96.6 cm³/mol. The van der Waals surface area contributed by atoms with Crippen LogP contribution in [-0.2, 0) is 9.84 Å². The first-order valence-electron chi connectivity index (χ1n) is 7.95. The second-order valence-corrected chi connectivity index (χ2v) is 8.30. The van der Waals surface area contributed by atoms with Crippen LogP contribution in [0.5, 0.6) is 0 Å². The Labute approximate surface area is 151 Å². The van der Waals surface area contributed by atoms with Gasteiger partial charge >= 0.3 is 0 Å². The molecule has 1 aromatic carbocycles. The van der Waals surface area contributed by atoms with Crippen molar-refractivity contribution in [3.05, 3.63) is 47.9 Å². The average Bonchev–Trinajstić information content (AvgIpc) is 3.01. The summed E-state index contributed by atoms with van der Waals surface area (Å²) in [7, 11) is -1.21. The molecule has 1 saturated heterocycles. The second kappa shape index (κ2) is 7.09. The van der Waals surface area contributed by atoms with Gasteiger partial charge in [0.25, 0.3) is 5.91 Å². The summed E-state index contributed by atoms with van der Waals surface area (Å²) in [4.78, 5) is 22.3. The Bertz CT molecular complexity index is 949. The molecule has 3 rings (SSSR count). The predicted octanol–water partition coefficient (Wildman–Crippen LogP) is 1.22. The van der Waals surface area contributed by atoms with E-state index in [9.17, 15) is 13.2 Å². The summed E-state index contributed by atoms with van der Waals surface area (Å²) in [5.41, 5.74) is 1.20. The monoisotopic (exact) mass is 371 g/mol. The Hall–Kier alpha value is -2.99. The molecule has 0 bridgehead atoms. The smallest absolute Gasteiger partial charge is 0.275 e. The fraction of sp³-hybridized carbons (Fsp3) is 0.294. The number of benzene rings is 1. The van der Waals surface area contributed by atoms with E-state index < -0.39 is 15.7 Å². The van der Waals surface area contributed by atoms with Gasteiger partial charge in [0, 0.05) is 18.8 Å². The van der Waals surface area contributed by atoms with Gasteiger partial charge in [-0.1, -0.05) is 0 Å². The molecule has 0 radical (unpaired) electrons. The van der Waals surface area contributed by atoms with Crippen molar-refractivity contribution in [1.82, 2.24) is 9.97 Å². The number of hydrogen-bond donors (Lipinski definition) is 1. The van der Waals surface area contributed by atoms with E-state index in [0.29, 0.717) is 23.5 Å². The number of nitrogens with one attached hydrogen (secondary N) is 1. The van der Waals surface area contributed by atoms with E-state index in [2.05, 4.69) is 15.3 Å². The summed E-state index contributed by atoms with van der Waals surface area (Å²) in [6.07, 6.45) is 3.37. The maximum Gasteiger partial charge on any atom is 0.275 e. The second-order valence-electron chi connectivity index (χ2n) is 6.07. The molecule has 134 valence electrons. The lowest BCUT2D eigenvalue weighted by atomic mass is 10.2. The number of hydrogen-bond acceptors (Lipinski definition) is 7. The summed E-state index contributed by atoms with van der Waals surface area (Å²) in [5.74, 6) is 0.383. The van der Waals surface area contributed by atoms with Crippen LogP contribution in [0.4, 0.5) is 11.5 Å². The van der Waals surface area contributed by atoms with Crippen LogP contribution < -0.4 is 10.2 Å². The van der Waals surface area contributed by atoms with E-state index in [1.165, 1.54) is 12.4 Å². The minimum absolute atomic E-state index is 0.103. The molecular formula is C17H17N5O3S. The summed E-state index contributed by atoms with van der Waals surface area (Å²) < 4.78 is 23.2. The normalized spacial score (nSPS) is 18.1. The van der Waals surface area contributed by atoms with Gasteiger partial charge in [0.2, 0.25) is 0 Å². The minimum Gasteiger partial charge on any atom is -0.354 e. The van der Waals surface area contributed by atoms with Gasteiger partial charge in [0.05, 0.1) is 35.5 Å². The third-order valence-corrected chi connectivity index (χ3v) is 6.01. The number of aromatic nitrogens is 2. The van der Waals surface area contributed by atoms with Crippen molar-refractivity contribution >= 4 is 27.2 Å². The molecule has 8 nitrogen and oxygen atoms in total. The number of anilines is 2. The van der Waals surface area contributed by atoms with Crippen LogP contribution in [0.15, 0.2) is 36.7 Å². The van der Waals surface area contributed by atoms with Crippen LogP contribution in [0.2, 0.25) is 0 Å². The molecule has 1 N–H and O–H groups in total. The quantitative estimate of drug-likeness (QED) is 0.859. The van der Waals surface area contributed by atoms with Crippen molar-refractivity contribution in [2.75, 3.05) is 28.8 Å². The molecule has 2 heterocycles. The molecule has 2 aromatic rings. The molecule has 1 atom stereocenters. The van der Waals surface area contributed by atoms with Crippen LogP contribution in [0.25, 0.3) is 0 Å². The number of nitriles is 1. The Morgan fingerprint density at radius 1 is 1.27 bits per heavy atom. The number of carbonyl (C=O) groups excluding carboxylic acids is 1. The first-order valence-corrected chi connectivity index (χ1v) is 9.77. The fourth-order valence-corrected chi connectivity index (χ4v) is 4.49. The van der Waals surface area contributed by atoms with Gasteiger partial charge in [0.15, 0.2) is 9.84 Å². The van der Waals surface area contributed by atoms with E-state index in [1.807, 2.05) is 6.07 Å². The van der Waals surface area contributed by atoms with Crippen LogP contribution in [0, 0.1) is 11.3 Å². The summed E-state index contributed by atoms with van der Waals surface area (Å²) in [5, 5.41) is 11.5. The topological polar surface area (TPSA) is 116 Å². The van der Waals surface area contributed by atoms with Gasteiger partial charge in [-0.25, -0.2) is 18.4 Å². The molecule has 0 saturated carbocycles. The minimum atomic E-state index is -2.98. The largest absolute Gasteiger partial charge is 0.354 e. The SMILES string of the molecule is CN(c1cnc(C(=O)Nc2ccc(C#N)cc2)cn1)C1CCS(=O)(=O)C1. The maximum atomic E-state index is 12.2. The fourth-order valence-electron chi connectivity index (χ4n) is 2.71. The molecule has 1 aliphatic heterocycles. The Balaban J connectivity index is 1.66. The molecule has 9 heteroatoms. The molecular weight excluding hydrogens is 354 g/mol. The average molecular weight is 371 g/mol. The van der Waals surface area contributed by atoms with Gasteiger partial charge in [-0.15, -0.1) is 0 Å². The summed E-state index contributed by atoms with van der Waals surface area (Å²) in [6.45, 7) is 0. The highest BCUT2D eigenvalue weighted by atomic mass is 32.2. The van der Waals surface area contributed by atoms with E-state index >= 15 is 0 Å². The van der Waals surface area contributed by atoms with Gasteiger partial charge in [0.1, 0.15) is 11.5 Å². The Kier molecular flexibility index (Phi) is 4.86. The molecule has 1 unspecified atom stereocenters. The van der Waals surface area contributed by atoms with Crippen molar-refractivity contribution < 1.29 is 13.2 Å². The zero-order chi connectivity index (χ0) is 18.7. The van der Waals surface area contributed by atoms with Crippen molar-refractivity contribution in [3.8, 4) is 6.07 Å². The molecule has 26 heavy (non-hydrogen) atoms. The van der Waals surface area contributed by atoms with Crippen LogP contribution in [0.3, 0.4) is 0 Å². The van der Waals surface area contributed by atoms with E-state index in [-0.39, 0.29) is 23.2 Å². The molecule has 1 aliphatic rings. The van der Waals surface area contributed by atoms with E-state index in [0.717, 1.165) is 0 Å².